The first-order chi connectivity index (χ1) is 8.43. The molecule has 6 heteroatoms. The third-order valence-electron chi connectivity index (χ3n) is 2.64. The Kier molecular flexibility index (Phi) is 5.30. The molecule has 0 fully saturated rings. The number of nitrogens with two attached hydrogens (primary N) is 1. The number of hydrogen-bond acceptors (Lipinski definition) is 6. The van der Waals surface area contributed by atoms with Gasteiger partial charge in [-0.15, -0.1) is 0 Å². The summed E-state index contributed by atoms with van der Waals surface area (Å²) in [6, 6.07) is 0. The zero-order chi connectivity index (χ0) is 13.7. The molecule has 0 saturated carbocycles. The zero-order valence-electron chi connectivity index (χ0n) is 11.5. The Morgan fingerprint density at radius 2 is 1.83 bits per heavy atom. The van der Waals surface area contributed by atoms with Crippen molar-refractivity contribution in [2.75, 3.05) is 17.3 Å². The average Bonchev–Trinajstić information content (AvgIpc) is 2.28. The van der Waals surface area contributed by atoms with Crippen molar-refractivity contribution in [1.82, 2.24) is 9.97 Å². The molecule has 0 aliphatic heterocycles. The zero-order valence-corrected chi connectivity index (χ0v) is 11.5. The highest BCUT2D eigenvalue weighted by Gasteiger charge is 2.11. The van der Waals surface area contributed by atoms with Crippen LogP contribution in [0.2, 0.25) is 0 Å². The van der Waals surface area contributed by atoms with E-state index in [2.05, 4.69) is 34.6 Å². The van der Waals surface area contributed by atoms with E-state index in [4.69, 9.17) is 5.84 Å². The first-order valence-electron chi connectivity index (χ1n) is 6.17. The van der Waals surface area contributed by atoms with Crippen molar-refractivity contribution in [3.63, 3.8) is 0 Å². The molecule has 0 aliphatic rings. The molecule has 1 unspecified atom stereocenters. The molecule has 18 heavy (non-hydrogen) atoms. The summed E-state index contributed by atoms with van der Waals surface area (Å²) in [7, 11) is 0. The van der Waals surface area contributed by atoms with Crippen LogP contribution in [0, 0.1) is 19.8 Å². The van der Waals surface area contributed by atoms with Crippen LogP contribution < -0.4 is 16.6 Å². The smallest absolute Gasteiger partial charge is 0.148 e. The van der Waals surface area contributed by atoms with Crippen LogP contribution in [0.4, 0.5) is 11.6 Å². The molecule has 0 saturated heterocycles. The number of aliphatic hydroxyl groups excluding tert-OH is 1. The van der Waals surface area contributed by atoms with Crippen molar-refractivity contribution in [3.05, 3.63) is 11.4 Å². The Bertz CT molecular complexity index is 394. The van der Waals surface area contributed by atoms with E-state index in [0.717, 1.165) is 12.0 Å². The van der Waals surface area contributed by atoms with Crippen molar-refractivity contribution >= 4 is 11.6 Å². The van der Waals surface area contributed by atoms with E-state index in [0.29, 0.717) is 29.9 Å². The van der Waals surface area contributed by atoms with Crippen LogP contribution in [-0.4, -0.2) is 27.7 Å². The van der Waals surface area contributed by atoms with E-state index < -0.39 is 0 Å². The SMILES string of the molecule is Cc1nc(NN)c(C)c(NCC(O)CC(C)C)n1. The van der Waals surface area contributed by atoms with E-state index in [1.807, 2.05) is 6.92 Å². The molecule has 0 spiro atoms. The molecule has 0 radical (unpaired) electrons. The summed E-state index contributed by atoms with van der Waals surface area (Å²) < 4.78 is 0. The van der Waals surface area contributed by atoms with E-state index >= 15 is 0 Å². The molecule has 5 N–H and O–H groups in total. The molecular formula is C12H23N5O. The summed E-state index contributed by atoms with van der Waals surface area (Å²) in [5.41, 5.74) is 3.39. The topological polar surface area (TPSA) is 96.1 Å². The van der Waals surface area contributed by atoms with Crippen LogP contribution in [0.3, 0.4) is 0 Å². The van der Waals surface area contributed by atoms with Crippen LogP contribution in [-0.2, 0) is 0 Å². The summed E-state index contributed by atoms with van der Waals surface area (Å²) in [5, 5.41) is 13.0. The van der Waals surface area contributed by atoms with Crippen LogP contribution in [0.1, 0.15) is 31.7 Å². The van der Waals surface area contributed by atoms with Crippen molar-refractivity contribution in [2.45, 2.75) is 40.2 Å². The fraction of sp³-hybridized carbons (Fsp3) is 0.667. The summed E-state index contributed by atoms with van der Waals surface area (Å²) in [4.78, 5) is 8.48. The van der Waals surface area contributed by atoms with Gasteiger partial charge in [-0.2, -0.15) is 0 Å². The van der Waals surface area contributed by atoms with Crippen LogP contribution in [0.5, 0.6) is 0 Å². The minimum Gasteiger partial charge on any atom is -0.391 e. The molecule has 1 aromatic rings. The van der Waals surface area contributed by atoms with Gasteiger partial charge >= 0.3 is 0 Å². The van der Waals surface area contributed by atoms with Crippen molar-refractivity contribution in [1.29, 1.82) is 0 Å². The molecule has 1 heterocycles. The van der Waals surface area contributed by atoms with E-state index in [1.165, 1.54) is 0 Å². The molecular weight excluding hydrogens is 230 g/mol. The number of nitrogens with zero attached hydrogens (tertiary/aromatic N) is 2. The molecule has 0 aromatic carbocycles. The van der Waals surface area contributed by atoms with Crippen molar-refractivity contribution in [3.8, 4) is 0 Å². The Morgan fingerprint density at radius 1 is 1.22 bits per heavy atom. The third kappa shape index (κ3) is 4.12. The van der Waals surface area contributed by atoms with Crippen LogP contribution in [0.25, 0.3) is 0 Å². The second kappa shape index (κ2) is 6.51. The standard InChI is InChI=1S/C12H23N5O/c1-7(2)5-10(18)6-14-11-8(3)12(17-13)16-9(4)15-11/h7,10,18H,5-6,13H2,1-4H3,(H2,14,15,16,17). The normalized spacial score (nSPS) is 12.6. The molecule has 1 aromatic heterocycles. The fourth-order valence-corrected chi connectivity index (χ4v) is 1.78. The van der Waals surface area contributed by atoms with Gasteiger partial charge in [0.15, 0.2) is 0 Å². The monoisotopic (exact) mass is 253 g/mol. The molecule has 1 atom stereocenters. The summed E-state index contributed by atoms with van der Waals surface area (Å²) in [6.07, 6.45) is 0.381. The number of nitrogen functional groups attached to an aromatic ring is 1. The van der Waals surface area contributed by atoms with E-state index in [1.54, 1.807) is 6.92 Å². The number of aliphatic hydroxyl groups is 1. The van der Waals surface area contributed by atoms with Gasteiger partial charge in [-0.1, -0.05) is 13.8 Å². The van der Waals surface area contributed by atoms with Gasteiger partial charge in [0, 0.05) is 12.1 Å². The maximum atomic E-state index is 9.82. The van der Waals surface area contributed by atoms with Gasteiger partial charge in [-0.25, -0.2) is 15.8 Å². The fourth-order valence-electron chi connectivity index (χ4n) is 1.78. The second-order valence-corrected chi connectivity index (χ2v) is 4.90. The molecule has 102 valence electrons. The van der Waals surface area contributed by atoms with Crippen molar-refractivity contribution < 1.29 is 5.11 Å². The number of aromatic nitrogens is 2. The largest absolute Gasteiger partial charge is 0.391 e. The first kappa shape index (κ1) is 14.7. The minimum absolute atomic E-state index is 0.381. The van der Waals surface area contributed by atoms with Gasteiger partial charge in [0.1, 0.15) is 17.5 Å². The highest BCUT2D eigenvalue weighted by molar-refractivity contribution is 5.56. The minimum atomic E-state index is -0.381. The Labute approximate surface area is 108 Å². The maximum absolute atomic E-state index is 9.82. The number of aryl methyl sites for hydroxylation is 1. The van der Waals surface area contributed by atoms with Gasteiger partial charge in [-0.3, -0.25) is 0 Å². The first-order valence-corrected chi connectivity index (χ1v) is 6.17. The van der Waals surface area contributed by atoms with Crippen LogP contribution >= 0.6 is 0 Å². The highest BCUT2D eigenvalue weighted by atomic mass is 16.3. The third-order valence-corrected chi connectivity index (χ3v) is 2.64. The second-order valence-electron chi connectivity index (χ2n) is 4.90. The molecule has 1 rings (SSSR count). The highest BCUT2D eigenvalue weighted by Crippen LogP contribution is 2.19. The molecule has 0 aliphatic carbocycles. The van der Waals surface area contributed by atoms with Crippen molar-refractivity contribution in [2.24, 2.45) is 11.8 Å². The lowest BCUT2D eigenvalue weighted by Gasteiger charge is -2.16. The Balaban J connectivity index is 2.70. The molecule has 0 amide bonds. The summed E-state index contributed by atoms with van der Waals surface area (Å²) >= 11 is 0. The number of nitrogens with one attached hydrogen (secondary N) is 2. The Morgan fingerprint density at radius 3 is 2.39 bits per heavy atom. The average molecular weight is 253 g/mol. The van der Waals surface area contributed by atoms with Gasteiger partial charge in [0.25, 0.3) is 0 Å². The summed E-state index contributed by atoms with van der Waals surface area (Å²) in [6.45, 7) is 8.32. The lowest BCUT2D eigenvalue weighted by atomic mass is 10.1. The quantitative estimate of drug-likeness (QED) is 0.449. The van der Waals surface area contributed by atoms with Gasteiger partial charge in [0.05, 0.1) is 6.10 Å². The van der Waals surface area contributed by atoms with E-state index in [-0.39, 0.29) is 6.10 Å². The number of anilines is 2. The Hall–Kier alpha value is -1.40. The van der Waals surface area contributed by atoms with Gasteiger partial charge in [-0.05, 0) is 26.2 Å². The molecule has 0 bridgehead atoms. The predicted octanol–water partition coefficient (Wildman–Crippen LogP) is 1.20. The van der Waals surface area contributed by atoms with Gasteiger partial charge in [0.2, 0.25) is 0 Å². The predicted molar refractivity (Wildman–Crippen MR) is 73.3 cm³/mol. The lowest BCUT2D eigenvalue weighted by molar-refractivity contribution is 0.161. The number of rotatable bonds is 6. The number of hydrazine groups is 1. The maximum Gasteiger partial charge on any atom is 0.148 e. The van der Waals surface area contributed by atoms with Crippen LogP contribution in [0.15, 0.2) is 0 Å². The van der Waals surface area contributed by atoms with E-state index in [9.17, 15) is 5.11 Å². The number of hydrogen-bond donors (Lipinski definition) is 4. The summed E-state index contributed by atoms with van der Waals surface area (Å²) in [5.74, 6) is 7.80. The molecule has 6 nitrogen and oxygen atoms in total. The lowest BCUT2D eigenvalue weighted by Crippen LogP contribution is -2.23. The van der Waals surface area contributed by atoms with Gasteiger partial charge < -0.3 is 15.8 Å².